The number of carbonyl (C=O) groups is 3. The number of β-amino-alcohol motifs (C(OH)–C–C–N with tert-alkyl or cyclic N) is 1. The second-order valence-electron chi connectivity index (χ2n) is 11.2. The highest BCUT2D eigenvalue weighted by Gasteiger charge is 2.52. The second kappa shape index (κ2) is 11.0. The number of carbonyl (C=O) groups excluding carboxylic acids is 2. The molecule has 2 fully saturated rings. The lowest BCUT2D eigenvalue weighted by molar-refractivity contribution is -0.150. The molecule has 1 unspecified atom stereocenters. The molecule has 0 spiro atoms. The summed E-state index contributed by atoms with van der Waals surface area (Å²) < 4.78 is 5.78. The third kappa shape index (κ3) is 5.18. The van der Waals surface area contributed by atoms with Crippen molar-refractivity contribution in [2.75, 3.05) is 26.2 Å². The number of nitrogens with zero attached hydrogens (tertiary/aromatic N) is 2. The van der Waals surface area contributed by atoms with Crippen LogP contribution in [0, 0.1) is 0 Å². The lowest BCUT2D eigenvalue weighted by atomic mass is 9.96. The molecule has 3 aromatic carbocycles. The second-order valence-corrected chi connectivity index (χ2v) is 11.2. The van der Waals surface area contributed by atoms with Gasteiger partial charge in [0.15, 0.2) is 0 Å². The SMILES string of the molecule is O=C(NC1(C(=O)N2C[C@H](O)C[C@@H]2C(=O)O)CCN(Cc2ccccc2)C1)OCC1c2ccccc2-c2ccccc21. The largest absolute Gasteiger partial charge is 0.480 e. The molecule has 0 aromatic heterocycles. The Morgan fingerprint density at radius 3 is 2.22 bits per heavy atom. The topological polar surface area (TPSA) is 119 Å². The molecule has 1 aliphatic carbocycles. The quantitative estimate of drug-likeness (QED) is 0.410. The summed E-state index contributed by atoms with van der Waals surface area (Å²) in [5.41, 5.74) is 4.08. The van der Waals surface area contributed by atoms with Crippen LogP contribution in [0.5, 0.6) is 0 Å². The van der Waals surface area contributed by atoms with Gasteiger partial charge in [0.2, 0.25) is 0 Å². The zero-order valence-corrected chi connectivity index (χ0v) is 22.6. The molecule has 41 heavy (non-hydrogen) atoms. The molecule has 0 saturated carbocycles. The van der Waals surface area contributed by atoms with E-state index in [0.29, 0.717) is 19.5 Å². The summed E-state index contributed by atoms with van der Waals surface area (Å²) in [7, 11) is 0. The highest BCUT2D eigenvalue weighted by molar-refractivity contribution is 5.94. The lowest BCUT2D eigenvalue weighted by Crippen LogP contribution is -2.62. The monoisotopic (exact) mass is 555 g/mol. The van der Waals surface area contributed by atoms with Crippen LogP contribution in [0.15, 0.2) is 78.9 Å². The maximum Gasteiger partial charge on any atom is 0.408 e. The number of nitrogens with one attached hydrogen (secondary N) is 1. The summed E-state index contributed by atoms with van der Waals surface area (Å²) in [6.07, 6.45) is -1.42. The highest BCUT2D eigenvalue weighted by Crippen LogP contribution is 2.44. The fourth-order valence-electron chi connectivity index (χ4n) is 6.57. The number of fused-ring (bicyclic) bond motifs is 3. The van der Waals surface area contributed by atoms with Crippen LogP contribution in [0.4, 0.5) is 4.79 Å². The van der Waals surface area contributed by atoms with Crippen molar-refractivity contribution in [2.45, 2.75) is 43.0 Å². The van der Waals surface area contributed by atoms with Gasteiger partial charge < -0.3 is 25.2 Å². The molecule has 3 N–H and O–H groups in total. The molecule has 3 aromatic rings. The maximum atomic E-state index is 14.0. The number of aliphatic carboxylic acids is 1. The summed E-state index contributed by atoms with van der Waals surface area (Å²) in [6, 6.07) is 24.8. The molecule has 212 valence electrons. The van der Waals surface area contributed by atoms with Crippen molar-refractivity contribution in [1.29, 1.82) is 0 Å². The smallest absolute Gasteiger partial charge is 0.408 e. The van der Waals surface area contributed by atoms with Gasteiger partial charge in [-0.15, -0.1) is 0 Å². The summed E-state index contributed by atoms with van der Waals surface area (Å²) in [5, 5.41) is 22.8. The number of rotatable bonds is 7. The van der Waals surface area contributed by atoms with Gasteiger partial charge in [0.25, 0.3) is 5.91 Å². The van der Waals surface area contributed by atoms with Crippen LogP contribution >= 0.6 is 0 Å². The molecule has 9 heteroatoms. The Morgan fingerprint density at radius 1 is 0.927 bits per heavy atom. The summed E-state index contributed by atoms with van der Waals surface area (Å²) in [4.78, 5) is 42.6. The number of aliphatic hydroxyl groups is 1. The number of alkyl carbamates (subject to hydrolysis) is 1. The molecule has 3 atom stereocenters. The molecule has 0 bridgehead atoms. The van der Waals surface area contributed by atoms with Crippen LogP contribution < -0.4 is 5.32 Å². The number of carboxylic acids is 1. The minimum atomic E-state index is -1.38. The van der Waals surface area contributed by atoms with E-state index >= 15 is 0 Å². The van der Waals surface area contributed by atoms with E-state index in [1.54, 1.807) is 0 Å². The van der Waals surface area contributed by atoms with E-state index in [2.05, 4.69) is 22.3 Å². The van der Waals surface area contributed by atoms with E-state index in [-0.39, 0.29) is 32.0 Å². The predicted molar refractivity (Wildman–Crippen MR) is 151 cm³/mol. The molecule has 6 rings (SSSR count). The minimum Gasteiger partial charge on any atom is -0.480 e. The summed E-state index contributed by atoms with van der Waals surface area (Å²) >= 11 is 0. The first-order valence-electron chi connectivity index (χ1n) is 14.0. The fraction of sp³-hybridized carbons (Fsp3) is 0.344. The zero-order chi connectivity index (χ0) is 28.6. The molecule has 2 aliphatic heterocycles. The minimum absolute atomic E-state index is 0.0458. The van der Waals surface area contributed by atoms with Gasteiger partial charge in [-0.2, -0.15) is 0 Å². The number of amides is 2. The van der Waals surface area contributed by atoms with E-state index in [0.717, 1.165) is 27.8 Å². The van der Waals surface area contributed by atoms with Crippen molar-refractivity contribution < 1.29 is 29.3 Å². The number of benzene rings is 3. The van der Waals surface area contributed by atoms with Gasteiger partial charge >= 0.3 is 12.1 Å². The number of likely N-dealkylation sites (tertiary alicyclic amines) is 2. The first-order chi connectivity index (χ1) is 19.8. The van der Waals surface area contributed by atoms with Crippen molar-refractivity contribution in [2.24, 2.45) is 0 Å². The van der Waals surface area contributed by atoms with E-state index in [1.807, 2.05) is 66.7 Å². The van der Waals surface area contributed by atoms with Crippen LogP contribution in [-0.4, -0.2) is 81.9 Å². The normalized spacial score (nSPS) is 23.7. The predicted octanol–water partition coefficient (Wildman–Crippen LogP) is 3.22. The molecule has 9 nitrogen and oxygen atoms in total. The average molecular weight is 556 g/mol. The Morgan fingerprint density at radius 2 is 1.56 bits per heavy atom. The van der Waals surface area contributed by atoms with Crippen LogP contribution in [-0.2, 0) is 20.9 Å². The number of aliphatic hydroxyl groups excluding tert-OH is 1. The van der Waals surface area contributed by atoms with Gasteiger partial charge in [0, 0.05) is 38.5 Å². The standard InChI is InChI=1S/C32H33N3O6/c36-22-16-28(29(37)38)35(18-22)30(39)32(14-15-34(20-32)17-21-8-2-1-3-9-21)33-31(40)41-19-27-25-12-6-4-10-23(25)24-11-5-7-13-26(24)27/h1-13,22,27-28,36H,14-20H2,(H,33,40)(H,37,38)/t22-,28-,32?/m1/s1. The lowest BCUT2D eigenvalue weighted by Gasteiger charge is -2.34. The third-order valence-corrected chi connectivity index (χ3v) is 8.52. The Balaban J connectivity index is 1.21. The Kier molecular flexibility index (Phi) is 7.23. The summed E-state index contributed by atoms with van der Waals surface area (Å²) in [6.45, 7) is 1.30. The van der Waals surface area contributed by atoms with Crippen molar-refractivity contribution in [3.05, 3.63) is 95.6 Å². The number of hydrogen-bond donors (Lipinski definition) is 3. The van der Waals surface area contributed by atoms with Gasteiger partial charge in [0.05, 0.1) is 6.10 Å². The molecular formula is C32H33N3O6. The highest BCUT2D eigenvalue weighted by atomic mass is 16.5. The van der Waals surface area contributed by atoms with Gasteiger partial charge in [-0.3, -0.25) is 9.69 Å². The third-order valence-electron chi connectivity index (χ3n) is 8.52. The number of carboxylic acid groups (broad SMARTS) is 1. The first-order valence-corrected chi connectivity index (χ1v) is 14.0. The van der Waals surface area contributed by atoms with E-state index in [4.69, 9.17) is 4.74 Å². The Labute approximate surface area is 238 Å². The van der Waals surface area contributed by atoms with Crippen molar-refractivity contribution in [1.82, 2.24) is 15.1 Å². The summed E-state index contributed by atoms with van der Waals surface area (Å²) in [5.74, 6) is -1.82. The van der Waals surface area contributed by atoms with Crippen LogP contribution in [0.25, 0.3) is 11.1 Å². The molecular weight excluding hydrogens is 522 g/mol. The zero-order valence-electron chi connectivity index (χ0n) is 22.6. The molecule has 2 saturated heterocycles. The van der Waals surface area contributed by atoms with Crippen molar-refractivity contribution in [3.63, 3.8) is 0 Å². The van der Waals surface area contributed by atoms with Crippen LogP contribution in [0.2, 0.25) is 0 Å². The van der Waals surface area contributed by atoms with Crippen molar-refractivity contribution >= 4 is 18.0 Å². The number of hydrogen-bond acceptors (Lipinski definition) is 6. The Bertz CT molecular complexity index is 1420. The van der Waals surface area contributed by atoms with Crippen molar-refractivity contribution in [3.8, 4) is 11.1 Å². The van der Waals surface area contributed by atoms with E-state index in [1.165, 1.54) is 4.90 Å². The Hall–Kier alpha value is -4.21. The molecule has 2 amide bonds. The van der Waals surface area contributed by atoms with Crippen LogP contribution in [0.1, 0.15) is 35.4 Å². The van der Waals surface area contributed by atoms with Gasteiger partial charge in [0.1, 0.15) is 18.2 Å². The van der Waals surface area contributed by atoms with E-state index < -0.39 is 35.7 Å². The molecule has 3 aliphatic rings. The maximum absolute atomic E-state index is 14.0. The molecule has 0 radical (unpaired) electrons. The number of ether oxygens (including phenoxy) is 1. The van der Waals surface area contributed by atoms with Crippen LogP contribution in [0.3, 0.4) is 0 Å². The fourth-order valence-corrected chi connectivity index (χ4v) is 6.57. The molecule has 2 heterocycles. The van der Waals surface area contributed by atoms with Gasteiger partial charge in [-0.05, 0) is 34.2 Å². The van der Waals surface area contributed by atoms with E-state index in [9.17, 15) is 24.6 Å². The average Bonchev–Trinajstić information content (AvgIpc) is 3.66. The van der Waals surface area contributed by atoms with Gasteiger partial charge in [-0.25, -0.2) is 9.59 Å². The van der Waals surface area contributed by atoms with Gasteiger partial charge in [-0.1, -0.05) is 78.9 Å². The first kappa shape index (κ1) is 27.0.